The fraction of sp³-hybridized carbons (Fsp3) is 0.176. The molecule has 1 atom stereocenters. The monoisotopic (exact) mass is 356 g/mol. The highest BCUT2D eigenvalue weighted by Gasteiger charge is 2.30. The van der Waals surface area contributed by atoms with Crippen LogP contribution in [-0.4, -0.2) is 20.6 Å². The maximum Gasteiger partial charge on any atom is 0.228 e. The predicted molar refractivity (Wildman–Crippen MR) is 91.6 cm³/mol. The second-order valence-corrected chi connectivity index (χ2v) is 6.37. The molecule has 8 heteroatoms. The number of nitrogens with zero attached hydrogens (tertiary/aromatic N) is 2. The van der Waals surface area contributed by atoms with Crippen LogP contribution in [0.4, 0.5) is 10.1 Å². The first-order valence-corrected chi connectivity index (χ1v) is 8.41. The van der Waals surface area contributed by atoms with Gasteiger partial charge in [-0.15, -0.1) is 0 Å². The normalized spacial score (nSPS) is 16.4. The van der Waals surface area contributed by atoms with Crippen molar-refractivity contribution in [3.63, 3.8) is 0 Å². The van der Waals surface area contributed by atoms with Gasteiger partial charge >= 0.3 is 0 Å². The summed E-state index contributed by atoms with van der Waals surface area (Å²) in [5.74, 6) is -1.65. The van der Waals surface area contributed by atoms with Crippen LogP contribution in [0.1, 0.15) is 23.5 Å². The minimum atomic E-state index is -0.631. The Hall–Kier alpha value is -2.87. The van der Waals surface area contributed by atoms with E-state index in [1.165, 1.54) is 12.1 Å². The van der Waals surface area contributed by atoms with Crippen molar-refractivity contribution in [1.82, 2.24) is 14.1 Å². The van der Waals surface area contributed by atoms with Crippen molar-refractivity contribution in [3.05, 3.63) is 53.3 Å². The molecule has 2 amide bonds. The lowest BCUT2D eigenvalue weighted by Gasteiger charge is -2.24. The van der Waals surface area contributed by atoms with Gasteiger partial charge in [-0.25, -0.2) is 4.39 Å². The number of anilines is 1. The van der Waals surface area contributed by atoms with E-state index in [0.29, 0.717) is 17.8 Å². The number of carbonyl (C=O) groups is 2. The summed E-state index contributed by atoms with van der Waals surface area (Å²) in [6, 6.07) is 9.67. The lowest BCUT2D eigenvalue weighted by molar-refractivity contribution is -0.126. The number of amides is 2. The summed E-state index contributed by atoms with van der Waals surface area (Å²) in [5, 5.41) is 5.45. The molecule has 126 valence electrons. The predicted octanol–water partition coefficient (Wildman–Crippen LogP) is 2.57. The molecule has 0 spiro atoms. The average Bonchev–Trinajstić information content (AvgIpc) is 3.06. The van der Waals surface area contributed by atoms with Crippen LogP contribution < -0.4 is 10.6 Å². The Morgan fingerprint density at radius 2 is 2.08 bits per heavy atom. The second-order valence-electron chi connectivity index (χ2n) is 5.84. The Kier molecular flexibility index (Phi) is 3.89. The van der Waals surface area contributed by atoms with E-state index in [9.17, 15) is 14.0 Å². The van der Waals surface area contributed by atoms with E-state index < -0.39 is 11.7 Å². The van der Waals surface area contributed by atoms with E-state index in [1.54, 1.807) is 6.07 Å². The summed E-state index contributed by atoms with van der Waals surface area (Å²) in [7, 11) is 0. The first-order valence-electron chi connectivity index (χ1n) is 7.68. The highest BCUT2D eigenvalue weighted by atomic mass is 32.1. The number of benzene rings is 2. The Balaban J connectivity index is 1.52. The molecule has 0 bridgehead atoms. The Morgan fingerprint density at radius 3 is 2.96 bits per heavy atom. The smallest absolute Gasteiger partial charge is 0.228 e. The topological polar surface area (TPSA) is 84.0 Å². The van der Waals surface area contributed by atoms with Gasteiger partial charge in [-0.2, -0.15) is 8.75 Å². The average molecular weight is 356 g/mol. The Morgan fingerprint density at radius 1 is 1.24 bits per heavy atom. The summed E-state index contributed by atoms with van der Waals surface area (Å²) in [6.07, 6.45) is 0.0412. The molecule has 1 aliphatic heterocycles. The molecule has 2 aromatic carbocycles. The molecule has 1 aliphatic rings. The van der Waals surface area contributed by atoms with Crippen molar-refractivity contribution >= 4 is 40.3 Å². The van der Waals surface area contributed by atoms with Gasteiger partial charge < -0.3 is 10.6 Å². The lowest BCUT2D eigenvalue weighted by atomic mass is 9.89. The van der Waals surface area contributed by atoms with Crippen LogP contribution in [-0.2, 0) is 16.1 Å². The first kappa shape index (κ1) is 15.6. The summed E-state index contributed by atoms with van der Waals surface area (Å²) in [5.41, 5.74) is 3.48. The number of fused-ring (bicyclic) bond motifs is 2. The van der Waals surface area contributed by atoms with E-state index in [-0.39, 0.29) is 18.2 Å². The lowest BCUT2D eigenvalue weighted by Crippen LogP contribution is -2.34. The Bertz CT molecular complexity index is 988. The van der Waals surface area contributed by atoms with E-state index >= 15 is 0 Å². The third kappa shape index (κ3) is 3.08. The Labute approximate surface area is 146 Å². The van der Waals surface area contributed by atoms with Gasteiger partial charge in [0, 0.05) is 18.7 Å². The van der Waals surface area contributed by atoms with Gasteiger partial charge in [0.2, 0.25) is 11.8 Å². The zero-order valence-electron chi connectivity index (χ0n) is 13.0. The maximum absolute atomic E-state index is 13.4. The van der Waals surface area contributed by atoms with Crippen molar-refractivity contribution in [1.29, 1.82) is 0 Å². The van der Waals surface area contributed by atoms with E-state index in [0.717, 1.165) is 28.3 Å². The van der Waals surface area contributed by atoms with Gasteiger partial charge in [0.15, 0.2) is 0 Å². The highest BCUT2D eigenvalue weighted by molar-refractivity contribution is 7.00. The van der Waals surface area contributed by atoms with E-state index in [4.69, 9.17) is 0 Å². The molecule has 0 radical (unpaired) electrons. The molecule has 3 aromatic rings. The van der Waals surface area contributed by atoms with Crippen molar-refractivity contribution in [2.45, 2.75) is 18.9 Å². The summed E-state index contributed by atoms with van der Waals surface area (Å²) in [6.45, 7) is 0.320. The molecular formula is C17H13FN4O2S. The number of hydrogen-bond donors (Lipinski definition) is 2. The minimum absolute atomic E-state index is 0.0412. The van der Waals surface area contributed by atoms with Crippen LogP contribution in [0, 0.1) is 5.82 Å². The van der Waals surface area contributed by atoms with Crippen LogP contribution in [0.25, 0.3) is 11.0 Å². The van der Waals surface area contributed by atoms with Crippen molar-refractivity contribution < 1.29 is 14.0 Å². The standard InChI is InChI=1S/C17H13FN4O2S/c18-10-2-3-11-12(7-16(23)20-14(11)6-10)17(24)19-8-9-1-4-13-15(5-9)22-25-21-13/h1-6,12H,7-8H2,(H,19,24)(H,20,23)/t12-/m0/s1. The SMILES string of the molecule is O=C1C[C@H](C(=O)NCc2ccc3nsnc3c2)c2ccc(F)cc2N1. The third-order valence-electron chi connectivity index (χ3n) is 4.16. The van der Waals surface area contributed by atoms with Crippen molar-refractivity contribution in [2.75, 3.05) is 5.32 Å². The van der Waals surface area contributed by atoms with Gasteiger partial charge in [-0.1, -0.05) is 12.1 Å². The van der Waals surface area contributed by atoms with Crippen molar-refractivity contribution in [2.24, 2.45) is 0 Å². The first-order chi connectivity index (χ1) is 12.1. The van der Waals surface area contributed by atoms with Crippen LogP contribution in [0.2, 0.25) is 0 Å². The molecule has 1 aromatic heterocycles. The summed E-state index contributed by atoms with van der Waals surface area (Å²) in [4.78, 5) is 24.4. The van der Waals surface area contributed by atoms with Crippen LogP contribution in [0.15, 0.2) is 36.4 Å². The molecule has 25 heavy (non-hydrogen) atoms. The number of rotatable bonds is 3. The van der Waals surface area contributed by atoms with Crippen LogP contribution in [0.3, 0.4) is 0 Å². The number of carbonyl (C=O) groups excluding carboxylic acids is 2. The van der Waals surface area contributed by atoms with Crippen LogP contribution >= 0.6 is 11.7 Å². The molecule has 2 N–H and O–H groups in total. The fourth-order valence-corrected chi connectivity index (χ4v) is 3.44. The molecule has 2 heterocycles. The van der Waals surface area contributed by atoms with Crippen LogP contribution in [0.5, 0.6) is 0 Å². The number of halogens is 1. The molecule has 0 saturated carbocycles. The molecular weight excluding hydrogens is 343 g/mol. The number of hydrogen-bond acceptors (Lipinski definition) is 5. The largest absolute Gasteiger partial charge is 0.351 e. The number of aromatic nitrogens is 2. The molecule has 6 nitrogen and oxygen atoms in total. The second kappa shape index (κ2) is 6.21. The third-order valence-corrected chi connectivity index (χ3v) is 4.71. The minimum Gasteiger partial charge on any atom is -0.351 e. The highest BCUT2D eigenvalue weighted by Crippen LogP contribution is 2.32. The van der Waals surface area contributed by atoms with Gasteiger partial charge in [0.05, 0.1) is 17.6 Å². The quantitative estimate of drug-likeness (QED) is 0.755. The molecule has 0 saturated heterocycles. The van der Waals surface area contributed by atoms with Gasteiger partial charge in [-0.3, -0.25) is 9.59 Å². The summed E-state index contributed by atoms with van der Waals surface area (Å²) < 4.78 is 21.7. The maximum atomic E-state index is 13.4. The zero-order valence-corrected chi connectivity index (χ0v) is 13.8. The summed E-state index contributed by atoms with van der Waals surface area (Å²) >= 11 is 1.14. The zero-order chi connectivity index (χ0) is 17.4. The van der Waals surface area contributed by atoms with E-state index in [1.807, 2.05) is 18.2 Å². The fourth-order valence-electron chi connectivity index (χ4n) is 2.92. The van der Waals surface area contributed by atoms with Gasteiger partial charge in [0.25, 0.3) is 0 Å². The van der Waals surface area contributed by atoms with Gasteiger partial charge in [0.1, 0.15) is 16.9 Å². The van der Waals surface area contributed by atoms with E-state index in [2.05, 4.69) is 19.4 Å². The molecule has 0 fully saturated rings. The number of nitrogens with one attached hydrogen (secondary N) is 2. The molecule has 0 aliphatic carbocycles. The van der Waals surface area contributed by atoms with Gasteiger partial charge in [-0.05, 0) is 35.4 Å². The molecule has 0 unspecified atom stereocenters. The van der Waals surface area contributed by atoms with Crippen molar-refractivity contribution in [3.8, 4) is 0 Å². The molecule has 4 rings (SSSR count).